The van der Waals surface area contributed by atoms with Gasteiger partial charge < -0.3 is 0 Å². The molecule has 2 nitrogen and oxygen atoms in total. The Morgan fingerprint density at radius 2 is 1.79 bits per heavy atom. The predicted octanol–water partition coefficient (Wildman–Crippen LogP) is 1.79. The van der Waals surface area contributed by atoms with Crippen LogP contribution < -0.4 is 11.3 Å². The summed E-state index contributed by atoms with van der Waals surface area (Å²) in [5, 5.41) is 0. The van der Waals surface area contributed by atoms with Crippen molar-refractivity contribution in [2.45, 2.75) is 6.04 Å². The van der Waals surface area contributed by atoms with Gasteiger partial charge in [-0.1, -0.05) is 6.08 Å². The van der Waals surface area contributed by atoms with E-state index in [4.69, 9.17) is 5.84 Å². The fraction of sp³-hybridized carbons (Fsp3) is 0.111. The van der Waals surface area contributed by atoms with Crippen LogP contribution in [0.5, 0.6) is 0 Å². The molecule has 0 saturated heterocycles. The summed E-state index contributed by atoms with van der Waals surface area (Å²) in [4.78, 5) is 0. The van der Waals surface area contributed by atoms with Crippen molar-refractivity contribution in [2.75, 3.05) is 0 Å². The molecule has 0 saturated carbocycles. The number of nitrogens with one attached hydrogen (secondary N) is 1. The normalized spacial score (nSPS) is 12.6. The van der Waals surface area contributed by atoms with Gasteiger partial charge in [-0.25, -0.2) is 18.6 Å². The molecule has 0 aromatic heterocycles. The SMILES string of the molecule is C=CC(NN)c1c(F)cc(F)cc1F. The van der Waals surface area contributed by atoms with Crippen LogP contribution in [0.1, 0.15) is 11.6 Å². The van der Waals surface area contributed by atoms with E-state index in [0.29, 0.717) is 12.1 Å². The minimum Gasteiger partial charge on any atom is -0.271 e. The third-order valence-corrected chi connectivity index (χ3v) is 1.77. The highest BCUT2D eigenvalue weighted by atomic mass is 19.1. The lowest BCUT2D eigenvalue weighted by molar-refractivity contribution is 0.496. The van der Waals surface area contributed by atoms with Crippen molar-refractivity contribution in [1.29, 1.82) is 0 Å². The Labute approximate surface area is 79.2 Å². The minimum atomic E-state index is -0.995. The number of hydrogen-bond acceptors (Lipinski definition) is 2. The van der Waals surface area contributed by atoms with Crippen molar-refractivity contribution in [3.8, 4) is 0 Å². The summed E-state index contributed by atoms with van der Waals surface area (Å²) in [6.45, 7) is 3.34. The van der Waals surface area contributed by atoms with Crippen molar-refractivity contribution < 1.29 is 13.2 Å². The number of hydrogen-bond donors (Lipinski definition) is 2. The molecule has 0 amide bonds. The van der Waals surface area contributed by atoms with E-state index in [1.54, 1.807) is 0 Å². The van der Waals surface area contributed by atoms with Crippen LogP contribution in [0, 0.1) is 17.5 Å². The van der Waals surface area contributed by atoms with Gasteiger partial charge in [0.15, 0.2) is 0 Å². The monoisotopic (exact) mass is 202 g/mol. The first-order valence-electron chi connectivity index (χ1n) is 3.83. The lowest BCUT2D eigenvalue weighted by Crippen LogP contribution is -2.28. The maximum Gasteiger partial charge on any atom is 0.134 e. The molecule has 0 radical (unpaired) electrons. The number of hydrazine groups is 1. The van der Waals surface area contributed by atoms with Crippen LogP contribution in [-0.2, 0) is 0 Å². The summed E-state index contributed by atoms with van der Waals surface area (Å²) in [5.74, 6) is 2.08. The Morgan fingerprint density at radius 1 is 1.29 bits per heavy atom. The summed E-state index contributed by atoms with van der Waals surface area (Å²) < 4.78 is 38.7. The number of benzene rings is 1. The maximum absolute atomic E-state index is 13.1. The molecule has 0 aliphatic rings. The Morgan fingerprint density at radius 3 is 2.14 bits per heavy atom. The van der Waals surface area contributed by atoms with E-state index in [2.05, 4.69) is 12.0 Å². The molecule has 1 aromatic carbocycles. The van der Waals surface area contributed by atoms with Gasteiger partial charge in [-0.3, -0.25) is 5.84 Å². The van der Waals surface area contributed by atoms with Gasteiger partial charge >= 0.3 is 0 Å². The van der Waals surface area contributed by atoms with Gasteiger partial charge in [-0.05, 0) is 0 Å². The average molecular weight is 202 g/mol. The van der Waals surface area contributed by atoms with Gasteiger partial charge in [-0.2, -0.15) is 0 Å². The Bertz CT molecular complexity index is 329. The highest BCUT2D eigenvalue weighted by Crippen LogP contribution is 2.21. The summed E-state index contributed by atoms with van der Waals surface area (Å²) in [6, 6.07) is 0.300. The maximum atomic E-state index is 13.1. The molecule has 5 heteroatoms. The first-order valence-corrected chi connectivity index (χ1v) is 3.83. The second kappa shape index (κ2) is 4.26. The van der Waals surface area contributed by atoms with Crippen LogP contribution in [-0.4, -0.2) is 0 Å². The fourth-order valence-electron chi connectivity index (χ4n) is 1.12. The molecule has 14 heavy (non-hydrogen) atoms. The summed E-state index contributed by atoms with van der Waals surface area (Å²) in [6.07, 6.45) is 1.22. The van der Waals surface area contributed by atoms with Crippen LogP contribution >= 0.6 is 0 Å². The van der Waals surface area contributed by atoms with E-state index in [1.165, 1.54) is 6.08 Å². The van der Waals surface area contributed by atoms with E-state index in [9.17, 15) is 13.2 Å². The quantitative estimate of drug-likeness (QED) is 0.445. The first-order chi connectivity index (χ1) is 6.60. The van der Waals surface area contributed by atoms with Crippen molar-refractivity contribution in [3.05, 3.63) is 47.8 Å². The van der Waals surface area contributed by atoms with Crippen molar-refractivity contribution >= 4 is 0 Å². The lowest BCUT2D eigenvalue weighted by Gasteiger charge is -2.13. The smallest absolute Gasteiger partial charge is 0.134 e. The van der Waals surface area contributed by atoms with E-state index in [-0.39, 0.29) is 5.56 Å². The first kappa shape index (κ1) is 10.7. The molecule has 1 atom stereocenters. The molecular weight excluding hydrogens is 193 g/mol. The molecule has 3 N–H and O–H groups in total. The number of rotatable bonds is 3. The second-order valence-electron chi connectivity index (χ2n) is 2.66. The molecule has 1 aromatic rings. The van der Waals surface area contributed by atoms with E-state index in [0.717, 1.165) is 0 Å². The van der Waals surface area contributed by atoms with Gasteiger partial charge in [0.25, 0.3) is 0 Å². The highest BCUT2D eigenvalue weighted by molar-refractivity contribution is 5.26. The van der Waals surface area contributed by atoms with Crippen LogP contribution in [0.3, 0.4) is 0 Å². The van der Waals surface area contributed by atoms with E-state index >= 15 is 0 Å². The molecule has 0 bridgehead atoms. The van der Waals surface area contributed by atoms with E-state index < -0.39 is 23.5 Å². The summed E-state index contributed by atoms with van der Waals surface area (Å²) >= 11 is 0. The molecule has 0 fully saturated rings. The minimum absolute atomic E-state index is 0.344. The molecule has 1 rings (SSSR count). The fourth-order valence-corrected chi connectivity index (χ4v) is 1.12. The average Bonchev–Trinajstić information content (AvgIpc) is 2.10. The van der Waals surface area contributed by atoms with E-state index in [1.807, 2.05) is 0 Å². The number of halogens is 3. The summed E-state index contributed by atoms with van der Waals surface area (Å²) in [5.41, 5.74) is 1.81. The zero-order valence-corrected chi connectivity index (χ0v) is 7.23. The van der Waals surface area contributed by atoms with Crippen molar-refractivity contribution in [1.82, 2.24) is 5.43 Å². The predicted molar refractivity (Wildman–Crippen MR) is 46.6 cm³/mol. The second-order valence-corrected chi connectivity index (χ2v) is 2.66. The molecular formula is C9H9F3N2. The third-order valence-electron chi connectivity index (χ3n) is 1.77. The van der Waals surface area contributed by atoms with Gasteiger partial charge in [0.2, 0.25) is 0 Å². The lowest BCUT2D eigenvalue weighted by atomic mass is 10.1. The third kappa shape index (κ3) is 1.94. The Hall–Kier alpha value is -1.33. The van der Waals surface area contributed by atoms with Crippen LogP contribution in [0.25, 0.3) is 0 Å². The van der Waals surface area contributed by atoms with Gasteiger partial charge in [0, 0.05) is 17.7 Å². The molecule has 0 aliphatic heterocycles. The molecule has 0 aliphatic carbocycles. The number of nitrogens with two attached hydrogens (primary N) is 1. The van der Waals surface area contributed by atoms with Crippen LogP contribution in [0.4, 0.5) is 13.2 Å². The largest absolute Gasteiger partial charge is 0.271 e. The topological polar surface area (TPSA) is 38.0 Å². The Kier molecular flexibility index (Phi) is 3.27. The van der Waals surface area contributed by atoms with Crippen molar-refractivity contribution in [3.63, 3.8) is 0 Å². The molecule has 0 spiro atoms. The van der Waals surface area contributed by atoms with Crippen molar-refractivity contribution in [2.24, 2.45) is 5.84 Å². The summed E-state index contributed by atoms with van der Waals surface area (Å²) in [7, 11) is 0. The van der Waals surface area contributed by atoms with Gasteiger partial charge in [0.05, 0.1) is 6.04 Å². The standard InChI is InChI=1S/C9H9F3N2/c1-2-8(14-13)9-6(11)3-5(10)4-7(9)12/h2-4,8,14H,1,13H2. The van der Waals surface area contributed by atoms with Gasteiger partial charge in [0.1, 0.15) is 17.5 Å². The van der Waals surface area contributed by atoms with Gasteiger partial charge in [-0.15, -0.1) is 6.58 Å². The zero-order valence-electron chi connectivity index (χ0n) is 7.23. The van der Waals surface area contributed by atoms with Crippen LogP contribution in [0.2, 0.25) is 0 Å². The molecule has 76 valence electrons. The molecule has 0 heterocycles. The highest BCUT2D eigenvalue weighted by Gasteiger charge is 2.17. The Balaban J connectivity index is 3.25. The van der Waals surface area contributed by atoms with Crippen LogP contribution in [0.15, 0.2) is 24.8 Å². The zero-order chi connectivity index (χ0) is 10.7. The molecule has 1 unspecified atom stereocenters.